The summed E-state index contributed by atoms with van der Waals surface area (Å²) in [5.41, 5.74) is 5.43. The van der Waals surface area contributed by atoms with Gasteiger partial charge in [-0.05, 0) is 53.8 Å². The molecule has 0 aliphatic heterocycles. The second kappa shape index (κ2) is 8.84. The number of benzene rings is 4. The average molecular weight is 484 g/mol. The standard InChI is InChI=1S/C31H21N3O3/c1-20-11-13-21(14-12-20)28-25-8-2-3-9-26(25)31(35)33(27-10-4-6-22-7-5-19-32-29(22)27)30(28)23-15-17-24(18-16-23)34(36)37/h2-19H,1H3. The Balaban J connectivity index is 1.83. The molecular formula is C31H21N3O3. The highest BCUT2D eigenvalue weighted by molar-refractivity contribution is 6.04. The number of para-hydroxylation sites is 1. The summed E-state index contributed by atoms with van der Waals surface area (Å²) in [6.45, 7) is 2.03. The van der Waals surface area contributed by atoms with Crippen LogP contribution in [-0.4, -0.2) is 14.5 Å². The van der Waals surface area contributed by atoms with Crippen LogP contribution in [0, 0.1) is 17.0 Å². The molecule has 37 heavy (non-hydrogen) atoms. The second-order valence-electron chi connectivity index (χ2n) is 8.93. The minimum absolute atomic E-state index is 0.0119. The number of pyridine rings is 2. The van der Waals surface area contributed by atoms with E-state index in [-0.39, 0.29) is 11.2 Å². The van der Waals surface area contributed by atoms with Gasteiger partial charge in [0.1, 0.15) is 0 Å². The molecule has 0 bridgehead atoms. The van der Waals surface area contributed by atoms with Gasteiger partial charge in [-0.2, -0.15) is 0 Å². The molecule has 6 rings (SSSR count). The molecule has 2 heterocycles. The molecule has 0 radical (unpaired) electrons. The summed E-state index contributed by atoms with van der Waals surface area (Å²) in [5, 5.41) is 13.7. The van der Waals surface area contributed by atoms with Crippen LogP contribution in [0.5, 0.6) is 0 Å². The average Bonchev–Trinajstić information content (AvgIpc) is 2.93. The van der Waals surface area contributed by atoms with Gasteiger partial charge in [-0.15, -0.1) is 0 Å². The Morgan fingerprint density at radius 2 is 1.43 bits per heavy atom. The normalized spacial score (nSPS) is 11.2. The molecule has 0 N–H and O–H groups in total. The molecule has 0 aliphatic carbocycles. The van der Waals surface area contributed by atoms with Gasteiger partial charge in [0.05, 0.1) is 21.8 Å². The lowest BCUT2D eigenvalue weighted by atomic mass is 9.92. The molecule has 0 aliphatic rings. The summed E-state index contributed by atoms with van der Waals surface area (Å²) < 4.78 is 1.70. The predicted molar refractivity (Wildman–Crippen MR) is 147 cm³/mol. The topological polar surface area (TPSA) is 78.0 Å². The van der Waals surface area contributed by atoms with E-state index in [4.69, 9.17) is 0 Å². The fourth-order valence-electron chi connectivity index (χ4n) is 4.87. The summed E-state index contributed by atoms with van der Waals surface area (Å²) in [6, 6.07) is 31.7. The fraction of sp³-hybridized carbons (Fsp3) is 0.0323. The third-order valence-corrected chi connectivity index (χ3v) is 6.63. The van der Waals surface area contributed by atoms with Crippen LogP contribution < -0.4 is 5.56 Å². The maximum atomic E-state index is 14.2. The summed E-state index contributed by atoms with van der Waals surface area (Å²) in [4.78, 5) is 29.8. The minimum Gasteiger partial charge on any atom is -0.274 e. The van der Waals surface area contributed by atoms with Gasteiger partial charge in [-0.25, -0.2) is 0 Å². The zero-order valence-corrected chi connectivity index (χ0v) is 20.0. The number of nitrogens with zero attached hydrogens (tertiary/aromatic N) is 3. The van der Waals surface area contributed by atoms with E-state index in [1.54, 1.807) is 22.9 Å². The first-order chi connectivity index (χ1) is 18.0. The lowest BCUT2D eigenvalue weighted by Crippen LogP contribution is -2.22. The Morgan fingerprint density at radius 1 is 0.757 bits per heavy atom. The van der Waals surface area contributed by atoms with Crippen LogP contribution in [-0.2, 0) is 0 Å². The molecule has 0 fully saturated rings. The van der Waals surface area contributed by atoms with Crippen molar-refractivity contribution in [2.24, 2.45) is 0 Å². The van der Waals surface area contributed by atoms with Gasteiger partial charge in [0.15, 0.2) is 0 Å². The summed E-state index contributed by atoms with van der Waals surface area (Å²) in [5.74, 6) is 0. The number of aryl methyl sites for hydroxylation is 1. The van der Waals surface area contributed by atoms with Crippen molar-refractivity contribution in [1.29, 1.82) is 0 Å². The molecular weight excluding hydrogens is 462 g/mol. The van der Waals surface area contributed by atoms with Crippen molar-refractivity contribution in [2.75, 3.05) is 0 Å². The van der Waals surface area contributed by atoms with Gasteiger partial charge in [-0.3, -0.25) is 24.5 Å². The highest BCUT2D eigenvalue weighted by Gasteiger charge is 2.22. The largest absolute Gasteiger partial charge is 0.274 e. The summed E-state index contributed by atoms with van der Waals surface area (Å²) in [7, 11) is 0. The van der Waals surface area contributed by atoms with Crippen LogP contribution in [0.4, 0.5) is 5.69 Å². The lowest BCUT2D eigenvalue weighted by Gasteiger charge is -2.21. The van der Waals surface area contributed by atoms with Crippen LogP contribution in [0.25, 0.3) is 49.7 Å². The second-order valence-corrected chi connectivity index (χ2v) is 8.93. The van der Waals surface area contributed by atoms with E-state index in [1.807, 2.05) is 85.8 Å². The summed E-state index contributed by atoms with van der Waals surface area (Å²) >= 11 is 0. The molecule has 0 unspecified atom stereocenters. The third kappa shape index (κ3) is 3.76. The first-order valence-corrected chi connectivity index (χ1v) is 11.9. The first kappa shape index (κ1) is 22.4. The highest BCUT2D eigenvalue weighted by atomic mass is 16.6. The monoisotopic (exact) mass is 483 g/mol. The number of nitro groups is 1. The van der Waals surface area contributed by atoms with Crippen LogP contribution in [0.1, 0.15) is 5.56 Å². The Morgan fingerprint density at radius 3 is 2.16 bits per heavy atom. The zero-order chi connectivity index (χ0) is 25.5. The van der Waals surface area contributed by atoms with E-state index in [0.717, 1.165) is 27.5 Å². The first-order valence-electron chi connectivity index (χ1n) is 11.9. The van der Waals surface area contributed by atoms with Crippen molar-refractivity contribution in [3.63, 3.8) is 0 Å². The minimum atomic E-state index is -0.424. The molecule has 6 nitrogen and oxygen atoms in total. The van der Waals surface area contributed by atoms with Gasteiger partial charge in [0.25, 0.3) is 11.2 Å². The van der Waals surface area contributed by atoms with Crippen molar-refractivity contribution in [3.05, 3.63) is 135 Å². The van der Waals surface area contributed by atoms with E-state index in [9.17, 15) is 14.9 Å². The molecule has 0 saturated carbocycles. The Labute approximate surface area is 212 Å². The number of fused-ring (bicyclic) bond motifs is 2. The number of nitro benzene ring substituents is 1. The molecule has 6 aromatic rings. The molecule has 0 atom stereocenters. The Hall–Kier alpha value is -5.10. The van der Waals surface area contributed by atoms with Gasteiger partial charge < -0.3 is 0 Å². The maximum Gasteiger partial charge on any atom is 0.269 e. The van der Waals surface area contributed by atoms with Crippen LogP contribution in [0.3, 0.4) is 0 Å². The Kier molecular flexibility index (Phi) is 5.34. The SMILES string of the molecule is Cc1ccc(-c2c(-c3ccc([N+](=O)[O-])cc3)n(-c3cccc4cccnc34)c(=O)c3ccccc23)cc1. The van der Waals surface area contributed by atoms with E-state index in [1.165, 1.54) is 12.1 Å². The predicted octanol–water partition coefficient (Wildman–Crippen LogP) is 7.09. The van der Waals surface area contributed by atoms with Crippen molar-refractivity contribution in [3.8, 4) is 28.1 Å². The van der Waals surface area contributed by atoms with Gasteiger partial charge in [0.2, 0.25) is 0 Å². The van der Waals surface area contributed by atoms with Crippen LogP contribution in [0.2, 0.25) is 0 Å². The smallest absolute Gasteiger partial charge is 0.269 e. The quantitative estimate of drug-likeness (QED) is 0.198. The fourth-order valence-corrected chi connectivity index (χ4v) is 4.87. The molecule has 4 aromatic carbocycles. The van der Waals surface area contributed by atoms with Gasteiger partial charge >= 0.3 is 0 Å². The van der Waals surface area contributed by atoms with Gasteiger partial charge in [-0.1, -0.05) is 66.2 Å². The van der Waals surface area contributed by atoms with Crippen LogP contribution in [0.15, 0.2) is 114 Å². The van der Waals surface area contributed by atoms with Crippen molar-refractivity contribution < 1.29 is 4.92 Å². The summed E-state index contributed by atoms with van der Waals surface area (Å²) in [6.07, 6.45) is 1.71. The molecule has 178 valence electrons. The number of hydrogen-bond acceptors (Lipinski definition) is 4. The van der Waals surface area contributed by atoms with E-state index < -0.39 is 4.92 Å². The van der Waals surface area contributed by atoms with Crippen LogP contribution >= 0.6 is 0 Å². The van der Waals surface area contributed by atoms with E-state index >= 15 is 0 Å². The van der Waals surface area contributed by atoms with Gasteiger partial charge in [0, 0.05) is 34.7 Å². The highest BCUT2D eigenvalue weighted by Crippen LogP contribution is 2.39. The number of hydrogen-bond donors (Lipinski definition) is 0. The maximum absolute atomic E-state index is 14.2. The van der Waals surface area contributed by atoms with E-state index in [2.05, 4.69) is 4.98 Å². The number of aromatic nitrogens is 2. The third-order valence-electron chi connectivity index (χ3n) is 6.63. The van der Waals surface area contributed by atoms with Crippen molar-refractivity contribution >= 4 is 27.4 Å². The molecule has 0 spiro atoms. The molecule has 0 saturated heterocycles. The molecule has 6 heteroatoms. The van der Waals surface area contributed by atoms with E-state index in [0.29, 0.717) is 27.8 Å². The van der Waals surface area contributed by atoms with Crippen molar-refractivity contribution in [2.45, 2.75) is 6.92 Å². The zero-order valence-electron chi connectivity index (χ0n) is 20.0. The Bertz CT molecular complexity index is 1870. The molecule has 0 amide bonds. The molecule has 2 aromatic heterocycles. The number of non-ortho nitro benzene ring substituents is 1. The number of rotatable bonds is 4. The lowest BCUT2D eigenvalue weighted by molar-refractivity contribution is -0.384. The van der Waals surface area contributed by atoms with Crippen molar-refractivity contribution in [1.82, 2.24) is 9.55 Å².